The maximum Gasteiger partial charge on any atom is 0.338 e. The number of rotatable bonds is 6. The van der Waals surface area contributed by atoms with E-state index in [9.17, 15) is 19.2 Å². The van der Waals surface area contributed by atoms with Crippen molar-refractivity contribution in [3.8, 4) is 11.5 Å². The molecule has 2 fully saturated rings. The van der Waals surface area contributed by atoms with E-state index in [4.69, 9.17) is 28.4 Å². The summed E-state index contributed by atoms with van der Waals surface area (Å²) in [5.41, 5.74) is 0.551. The second-order valence-corrected chi connectivity index (χ2v) is 7.72. The van der Waals surface area contributed by atoms with Crippen LogP contribution in [0.5, 0.6) is 11.5 Å². The first-order valence-electron chi connectivity index (χ1n) is 10.5. The van der Waals surface area contributed by atoms with Crippen molar-refractivity contribution in [2.75, 3.05) is 13.2 Å². The minimum absolute atomic E-state index is 0.0950. The molecule has 178 valence electrons. The van der Waals surface area contributed by atoms with Crippen molar-refractivity contribution in [3.05, 3.63) is 59.7 Å². The van der Waals surface area contributed by atoms with Gasteiger partial charge in [0.25, 0.3) is 0 Å². The molecule has 2 heterocycles. The van der Waals surface area contributed by atoms with E-state index < -0.39 is 48.3 Å². The standard InChI is InChI=1S/C24H22O10/c1-13(25)31-17-7-3-15(4-8-17)23(27)33-19-11-29-22-20(12-30-21(19)22)34-24(28)16-5-9-18(10-6-16)32-14(2)26/h3-10,19-22H,11-12H2,1-2H3/t19-,20?,21?,22?/m0/s1. The van der Waals surface area contributed by atoms with E-state index in [1.54, 1.807) is 0 Å². The summed E-state index contributed by atoms with van der Waals surface area (Å²) < 4.78 is 32.4. The Morgan fingerprint density at radius 2 is 1.00 bits per heavy atom. The lowest BCUT2D eigenvalue weighted by Crippen LogP contribution is -2.36. The van der Waals surface area contributed by atoms with Gasteiger partial charge < -0.3 is 28.4 Å². The minimum atomic E-state index is -0.669. The molecular weight excluding hydrogens is 448 g/mol. The first-order valence-corrected chi connectivity index (χ1v) is 10.5. The summed E-state index contributed by atoms with van der Waals surface area (Å²) in [5.74, 6) is -1.45. The highest BCUT2D eigenvalue weighted by Gasteiger charge is 2.51. The molecule has 0 aliphatic carbocycles. The quantitative estimate of drug-likeness (QED) is 0.458. The van der Waals surface area contributed by atoms with E-state index in [1.807, 2.05) is 0 Å². The lowest BCUT2D eigenvalue weighted by Gasteiger charge is -2.17. The van der Waals surface area contributed by atoms with Crippen LogP contribution in [0.25, 0.3) is 0 Å². The van der Waals surface area contributed by atoms with Gasteiger partial charge in [0.2, 0.25) is 0 Å². The number of esters is 4. The van der Waals surface area contributed by atoms with Crippen LogP contribution in [0.15, 0.2) is 48.5 Å². The average Bonchev–Trinajstić information content (AvgIpc) is 3.37. The maximum absolute atomic E-state index is 12.5. The van der Waals surface area contributed by atoms with E-state index in [-0.39, 0.29) is 24.3 Å². The Morgan fingerprint density at radius 3 is 1.32 bits per heavy atom. The monoisotopic (exact) mass is 470 g/mol. The van der Waals surface area contributed by atoms with Gasteiger partial charge in [-0.2, -0.15) is 0 Å². The summed E-state index contributed by atoms with van der Waals surface area (Å²) in [6.45, 7) is 2.76. The molecule has 2 aliphatic heterocycles. The Bertz CT molecular complexity index is 988. The Kier molecular flexibility index (Phi) is 6.90. The average molecular weight is 470 g/mol. The number of hydrogen-bond acceptors (Lipinski definition) is 10. The molecule has 10 heteroatoms. The third-order valence-corrected chi connectivity index (χ3v) is 5.18. The van der Waals surface area contributed by atoms with E-state index in [2.05, 4.69) is 0 Å². The summed E-state index contributed by atoms with van der Waals surface area (Å²) in [6.07, 6.45) is -2.49. The zero-order chi connectivity index (χ0) is 24.2. The van der Waals surface area contributed by atoms with Gasteiger partial charge in [0, 0.05) is 13.8 Å². The van der Waals surface area contributed by atoms with Crippen molar-refractivity contribution in [1.29, 1.82) is 0 Å². The van der Waals surface area contributed by atoms with Crippen LogP contribution in [0.3, 0.4) is 0 Å². The van der Waals surface area contributed by atoms with Gasteiger partial charge in [-0.3, -0.25) is 9.59 Å². The summed E-state index contributed by atoms with van der Waals surface area (Å²) in [5, 5.41) is 0. The molecule has 4 atom stereocenters. The molecule has 0 amide bonds. The van der Waals surface area contributed by atoms with Gasteiger partial charge in [-0.1, -0.05) is 0 Å². The summed E-state index contributed by atoms with van der Waals surface area (Å²) in [4.78, 5) is 47.0. The number of fused-ring (bicyclic) bond motifs is 1. The number of ether oxygens (including phenoxy) is 6. The van der Waals surface area contributed by atoms with Crippen LogP contribution < -0.4 is 9.47 Å². The number of carbonyl (C=O) groups is 4. The van der Waals surface area contributed by atoms with Crippen molar-refractivity contribution >= 4 is 23.9 Å². The van der Waals surface area contributed by atoms with Crippen LogP contribution in [0.1, 0.15) is 34.6 Å². The molecule has 2 aromatic rings. The molecule has 34 heavy (non-hydrogen) atoms. The molecular formula is C24H22O10. The fraction of sp³-hybridized carbons (Fsp3) is 0.333. The predicted octanol–water partition coefficient (Wildman–Crippen LogP) is 2.09. The van der Waals surface area contributed by atoms with Crippen molar-refractivity contribution in [2.45, 2.75) is 38.3 Å². The van der Waals surface area contributed by atoms with Crippen LogP contribution in [-0.2, 0) is 28.5 Å². The molecule has 4 rings (SSSR count). The van der Waals surface area contributed by atoms with Crippen LogP contribution in [0.2, 0.25) is 0 Å². The van der Waals surface area contributed by atoms with Gasteiger partial charge in [-0.25, -0.2) is 9.59 Å². The highest BCUT2D eigenvalue weighted by Crippen LogP contribution is 2.31. The van der Waals surface area contributed by atoms with Crippen molar-refractivity contribution in [3.63, 3.8) is 0 Å². The van der Waals surface area contributed by atoms with Crippen molar-refractivity contribution < 1.29 is 47.6 Å². The third-order valence-electron chi connectivity index (χ3n) is 5.18. The Morgan fingerprint density at radius 1 is 0.647 bits per heavy atom. The van der Waals surface area contributed by atoms with Gasteiger partial charge in [0.15, 0.2) is 12.2 Å². The van der Waals surface area contributed by atoms with Crippen LogP contribution >= 0.6 is 0 Å². The number of hydrogen-bond donors (Lipinski definition) is 0. The molecule has 0 aromatic heterocycles. The highest BCUT2D eigenvalue weighted by molar-refractivity contribution is 5.90. The first kappa shape index (κ1) is 23.4. The summed E-state index contributed by atoms with van der Waals surface area (Å²) in [6, 6.07) is 11.9. The topological polar surface area (TPSA) is 124 Å². The zero-order valence-corrected chi connectivity index (χ0v) is 18.4. The molecule has 2 aromatic carbocycles. The second kappa shape index (κ2) is 10.0. The fourth-order valence-corrected chi connectivity index (χ4v) is 3.69. The van der Waals surface area contributed by atoms with Gasteiger partial charge in [-0.15, -0.1) is 0 Å². The van der Waals surface area contributed by atoms with Crippen LogP contribution in [0, 0.1) is 0 Å². The van der Waals surface area contributed by atoms with E-state index in [1.165, 1.54) is 62.4 Å². The van der Waals surface area contributed by atoms with E-state index in [0.29, 0.717) is 11.5 Å². The minimum Gasteiger partial charge on any atom is -0.453 e. The maximum atomic E-state index is 12.5. The molecule has 0 N–H and O–H groups in total. The first-order chi connectivity index (χ1) is 16.3. The van der Waals surface area contributed by atoms with Gasteiger partial charge >= 0.3 is 23.9 Å². The van der Waals surface area contributed by atoms with Crippen molar-refractivity contribution in [1.82, 2.24) is 0 Å². The molecule has 2 saturated heterocycles. The number of carbonyl (C=O) groups excluding carboxylic acids is 4. The Hall–Kier alpha value is -3.76. The lowest BCUT2D eigenvalue weighted by molar-refractivity contribution is -0.132. The summed E-state index contributed by atoms with van der Waals surface area (Å²) >= 11 is 0. The van der Waals surface area contributed by atoms with Crippen molar-refractivity contribution in [2.24, 2.45) is 0 Å². The van der Waals surface area contributed by atoms with Crippen LogP contribution in [-0.4, -0.2) is 61.5 Å². The van der Waals surface area contributed by atoms with E-state index in [0.717, 1.165) is 0 Å². The highest BCUT2D eigenvalue weighted by atomic mass is 16.7. The molecule has 3 unspecified atom stereocenters. The largest absolute Gasteiger partial charge is 0.453 e. The predicted molar refractivity (Wildman–Crippen MR) is 113 cm³/mol. The number of benzene rings is 2. The SMILES string of the molecule is CC(=O)Oc1ccc(C(=O)OC2COC3C2OC[C@@H]3OC(=O)c2ccc(OC(C)=O)cc2)cc1. The zero-order valence-electron chi connectivity index (χ0n) is 18.4. The van der Waals surface area contributed by atoms with E-state index >= 15 is 0 Å². The second-order valence-electron chi connectivity index (χ2n) is 7.72. The molecule has 0 spiro atoms. The van der Waals surface area contributed by atoms with Crippen LogP contribution in [0.4, 0.5) is 0 Å². The summed E-state index contributed by atoms with van der Waals surface area (Å²) in [7, 11) is 0. The Labute approximate surface area is 194 Å². The Balaban J connectivity index is 1.31. The lowest BCUT2D eigenvalue weighted by atomic mass is 10.1. The fourth-order valence-electron chi connectivity index (χ4n) is 3.69. The van der Waals surface area contributed by atoms with Gasteiger partial charge in [0.05, 0.1) is 24.3 Å². The third kappa shape index (κ3) is 5.41. The molecule has 0 bridgehead atoms. The normalized spacial score (nSPS) is 23.0. The van der Waals surface area contributed by atoms with Gasteiger partial charge in [0.1, 0.15) is 23.7 Å². The smallest absolute Gasteiger partial charge is 0.338 e. The van der Waals surface area contributed by atoms with Gasteiger partial charge in [-0.05, 0) is 48.5 Å². The molecule has 2 aliphatic rings. The molecule has 0 radical (unpaired) electrons. The molecule has 0 saturated carbocycles. The molecule has 10 nitrogen and oxygen atoms in total.